The Bertz CT molecular complexity index is 936. The maximum atomic E-state index is 12.3. The fourth-order valence-electron chi connectivity index (χ4n) is 3.87. The number of carbonyl (C=O) groups excluding carboxylic acids is 2. The number of anilines is 1. The highest BCUT2D eigenvalue weighted by Gasteiger charge is 2.38. The van der Waals surface area contributed by atoms with Crippen molar-refractivity contribution in [1.29, 1.82) is 0 Å². The molecule has 1 saturated carbocycles. The molecule has 0 atom stereocenters. The van der Waals surface area contributed by atoms with Gasteiger partial charge in [-0.3, -0.25) is 9.59 Å². The van der Waals surface area contributed by atoms with Gasteiger partial charge < -0.3 is 19.9 Å². The third-order valence-corrected chi connectivity index (χ3v) is 5.38. The van der Waals surface area contributed by atoms with Crippen molar-refractivity contribution in [2.75, 3.05) is 11.9 Å². The van der Waals surface area contributed by atoms with E-state index in [1.807, 2.05) is 0 Å². The molecule has 33 heavy (non-hydrogen) atoms. The lowest BCUT2D eigenvalue weighted by Crippen LogP contribution is -2.45. The quantitative estimate of drug-likeness (QED) is 0.561. The molecule has 0 bridgehead atoms. The van der Waals surface area contributed by atoms with Crippen LogP contribution in [0.15, 0.2) is 28.8 Å². The number of halogens is 3. The second-order valence-corrected chi connectivity index (χ2v) is 8.17. The van der Waals surface area contributed by atoms with E-state index in [0.717, 1.165) is 38.5 Å². The first kappa shape index (κ1) is 24.5. The Hall–Kier alpha value is -3.11. The summed E-state index contributed by atoms with van der Waals surface area (Å²) >= 11 is 0. The maximum Gasteiger partial charge on any atom is 0.422 e. The Kier molecular flexibility index (Phi) is 7.93. The summed E-state index contributed by atoms with van der Waals surface area (Å²) < 4.78 is 46.6. The Morgan fingerprint density at radius 1 is 1.12 bits per heavy atom. The normalized spacial score (nSPS) is 16.0. The van der Waals surface area contributed by atoms with Gasteiger partial charge in [0.25, 0.3) is 0 Å². The average Bonchev–Trinajstić information content (AvgIpc) is 3.11. The lowest BCUT2D eigenvalue weighted by molar-refractivity contribution is -0.153. The summed E-state index contributed by atoms with van der Waals surface area (Å²) in [6.45, 7) is 0.0844. The molecule has 2 amide bonds. The summed E-state index contributed by atoms with van der Waals surface area (Å²) in [5.41, 5.74) is -0.226. The van der Waals surface area contributed by atoms with Crippen molar-refractivity contribution in [2.24, 2.45) is 0 Å². The van der Waals surface area contributed by atoms with Gasteiger partial charge in [0.1, 0.15) is 11.3 Å². The van der Waals surface area contributed by atoms with Crippen LogP contribution in [0.3, 0.4) is 0 Å². The van der Waals surface area contributed by atoms with Crippen LogP contribution in [0.1, 0.15) is 63.6 Å². The fraction of sp³-hybridized carbons (Fsp3) is 0.545. The second kappa shape index (κ2) is 10.7. The molecule has 1 aliphatic carbocycles. The molecule has 3 rings (SSSR count). The predicted octanol–water partition coefficient (Wildman–Crippen LogP) is 4.27. The molecule has 0 saturated heterocycles. The van der Waals surface area contributed by atoms with E-state index in [-0.39, 0.29) is 30.4 Å². The van der Waals surface area contributed by atoms with Crippen molar-refractivity contribution >= 4 is 17.5 Å². The highest BCUT2D eigenvalue weighted by atomic mass is 19.4. The van der Waals surface area contributed by atoms with Crippen molar-refractivity contribution in [3.8, 4) is 5.75 Å². The van der Waals surface area contributed by atoms with Gasteiger partial charge in [0.2, 0.25) is 17.7 Å². The van der Waals surface area contributed by atoms with Gasteiger partial charge in [0, 0.05) is 25.5 Å². The maximum absolute atomic E-state index is 12.3. The number of aromatic nitrogens is 2. The smallest absolute Gasteiger partial charge is 0.422 e. The van der Waals surface area contributed by atoms with E-state index < -0.39 is 18.3 Å². The number of benzene rings is 1. The van der Waals surface area contributed by atoms with Crippen molar-refractivity contribution in [3.05, 3.63) is 36.0 Å². The molecule has 2 N–H and O–H groups in total. The minimum Gasteiger partial charge on any atom is -0.484 e. The molecule has 1 aromatic heterocycles. The first-order valence-electron chi connectivity index (χ1n) is 10.9. The number of nitrogens with one attached hydrogen (secondary N) is 2. The van der Waals surface area contributed by atoms with Crippen LogP contribution in [0.5, 0.6) is 5.75 Å². The molecule has 0 aliphatic heterocycles. The summed E-state index contributed by atoms with van der Waals surface area (Å²) in [5.74, 6) is 0.312. The SMILES string of the molecule is CC(=O)NC1(c2noc(CCC(=O)Nc3ccc(OCC(F)(F)F)cc3)n2)CCCCCC1. The zero-order valence-corrected chi connectivity index (χ0v) is 18.3. The first-order valence-corrected chi connectivity index (χ1v) is 10.9. The van der Waals surface area contributed by atoms with Crippen LogP contribution in [0.25, 0.3) is 0 Å². The molecular weight excluding hydrogens is 441 g/mol. The summed E-state index contributed by atoms with van der Waals surface area (Å²) in [4.78, 5) is 28.5. The largest absolute Gasteiger partial charge is 0.484 e. The van der Waals surface area contributed by atoms with Crippen LogP contribution in [-0.4, -0.2) is 34.7 Å². The lowest BCUT2D eigenvalue weighted by atomic mass is 9.89. The average molecular weight is 468 g/mol. The molecule has 2 aromatic rings. The number of rotatable bonds is 8. The van der Waals surface area contributed by atoms with Gasteiger partial charge in [0.05, 0.1) is 0 Å². The Morgan fingerprint density at radius 3 is 2.39 bits per heavy atom. The van der Waals surface area contributed by atoms with E-state index in [0.29, 0.717) is 17.4 Å². The van der Waals surface area contributed by atoms with Gasteiger partial charge in [0.15, 0.2) is 12.4 Å². The molecule has 1 heterocycles. The first-order chi connectivity index (χ1) is 15.7. The molecule has 0 unspecified atom stereocenters. The molecule has 11 heteroatoms. The van der Waals surface area contributed by atoms with Crippen molar-refractivity contribution in [1.82, 2.24) is 15.5 Å². The van der Waals surface area contributed by atoms with Crippen molar-refractivity contribution in [2.45, 2.75) is 70.0 Å². The third-order valence-electron chi connectivity index (χ3n) is 5.38. The fourth-order valence-corrected chi connectivity index (χ4v) is 3.87. The number of nitrogens with zero attached hydrogens (tertiary/aromatic N) is 2. The van der Waals surface area contributed by atoms with E-state index in [4.69, 9.17) is 4.52 Å². The van der Waals surface area contributed by atoms with Crippen LogP contribution in [0.4, 0.5) is 18.9 Å². The number of ether oxygens (including phenoxy) is 1. The molecule has 8 nitrogen and oxygen atoms in total. The third kappa shape index (κ3) is 7.47. The van der Waals surface area contributed by atoms with Gasteiger partial charge in [-0.1, -0.05) is 30.8 Å². The van der Waals surface area contributed by atoms with E-state index in [1.165, 1.54) is 31.2 Å². The zero-order chi connectivity index (χ0) is 23.9. The highest BCUT2D eigenvalue weighted by Crippen LogP contribution is 2.34. The van der Waals surface area contributed by atoms with Crippen molar-refractivity contribution in [3.63, 3.8) is 0 Å². The Morgan fingerprint density at radius 2 is 1.79 bits per heavy atom. The minimum absolute atomic E-state index is 0.0512. The molecule has 0 spiro atoms. The van der Waals surface area contributed by atoms with E-state index in [1.54, 1.807) is 0 Å². The number of hydrogen-bond donors (Lipinski definition) is 2. The Labute approximate surface area is 189 Å². The zero-order valence-electron chi connectivity index (χ0n) is 18.3. The molecule has 0 radical (unpaired) electrons. The van der Waals surface area contributed by atoms with E-state index in [2.05, 4.69) is 25.5 Å². The van der Waals surface area contributed by atoms with Crippen LogP contribution < -0.4 is 15.4 Å². The van der Waals surface area contributed by atoms with Gasteiger partial charge in [-0.15, -0.1) is 0 Å². The van der Waals surface area contributed by atoms with Crippen LogP contribution in [0.2, 0.25) is 0 Å². The monoisotopic (exact) mass is 468 g/mol. The number of alkyl halides is 3. The Balaban J connectivity index is 1.54. The van der Waals surface area contributed by atoms with Gasteiger partial charge in [-0.25, -0.2) is 0 Å². The van der Waals surface area contributed by atoms with Crippen molar-refractivity contribution < 1.29 is 32.0 Å². The van der Waals surface area contributed by atoms with E-state index in [9.17, 15) is 22.8 Å². The highest BCUT2D eigenvalue weighted by molar-refractivity contribution is 5.90. The van der Waals surface area contributed by atoms with Gasteiger partial charge in [-0.05, 0) is 37.1 Å². The number of aryl methyl sites for hydroxylation is 1. The minimum atomic E-state index is -4.42. The summed E-state index contributed by atoms with van der Waals surface area (Å²) in [6, 6.07) is 5.61. The second-order valence-electron chi connectivity index (χ2n) is 8.17. The lowest BCUT2D eigenvalue weighted by Gasteiger charge is -2.30. The summed E-state index contributed by atoms with van der Waals surface area (Å²) in [5, 5.41) is 9.76. The summed E-state index contributed by atoms with van der Waals surface area (Å²) in [7, 11) is 0. The number of hydrogen-bond acceptors (Lipinski definition) is 6. The number of carbonyl (C=O) groups is 2. The molecule has 1 fully saturated rings. The van der Waals surface area contributed by atoms with Crippen LogP contribution in [0, 0.1) is 0 Å². The van der Waals surface area contributed by atoms with E-state index >= 15 is 0 Å². The molecule has 180 valence electrons. The topological polar surface area (TPSA) is 106 Å². The molecular formula is C22H27F3N4O4. The number of amides is 2. The molecule has 1 aliphatic rings. The van der Waals surface area contributed by atoms with Crippen LogP contribution in [-0.2, 0) is 21.5 Å². The van der Waals surface area contributed by atoms with Gasteiger partial charge in [-0.2, -0.15) is 18.2 Å². The molecule has 1 aromatic carbocycles. The summed E-state index contributed by atoms with van der Waals surface area (Å²) in [6.07, 6.45) is 1.40. The van der Waals surface area contributed by atoms with Gasteiger partial charge >= 0.3 is 6.18 Å². The standard InChI is InChI=1S/C22H27F3N4O4/c1-15(30)28-21(12-4-2-3-5-13-21)20-27-19(33-29-20)11-10-18(31)26-16-6-8-17(9-7-16)32-14-22(23,24)25/h6-9H,2-5,10-14H2,1H3,(H,26,31)(H,28,30). The van der Waals surface area contributed by atoms with Crippen LogP contribution >= 0.6 is 0 Å². The predicted molar refractivity (Wildman–Crippen MR) is 112 cm³/mol.